The lowest BCUT2D eigenvalue weighted by Crippen LogP contribution is -2.63. The van der Waals surface area contributed by atoms with Crippen molar-refractivity contribution in [3.63, 3.8) is 0 Å². The molecule has 0 spiro atoms. The number of β-lactam (4-membered cyclic amide) rings is 1. The number of benzene rings is 2. The van der Waals surface area contributed by atoms with Gasteiger partial charge in [-0.2, -0.15) is 0 Å². The molecule has 3 heterocycles. The van der Waals surface area contributed by atoms with Gasteiger partial charge in [-0.25, -0.2) is 9.59 Å². The molecule has 1 fully saturated rings. The Balaban J connectivity index is 1.33. The summed E-state index contributed by atoms with van der Waals surface area (Å²) in [5.41, 5.74) is 1.14. The summed E-state index contributed by atoms with van der Waals surface area (Å²) in [4.78, 5) is 37.3. The molecule has 5 rings (SSSR count). The number of hydrogen-bond acceptors (Lipinski definition) is 7. The van der Waals surface area contributed by atoms with Gasteiger partial charge in [0.25, 0.3) is 0 Å². The number of nitrogens with zero attached hydrogens (tertiary/aromatic N) is 1. The van der Waals surface area contributed by atoms with Crippen LogP contribution in [0.15, 0.2) is 75.1 Å². The molecule has 0 bridgehead atoms. The average Bonchev–Trinajstić information content (AvgIpc) is 3.09. The molecule has 2 aromatic carbocycles. The Kier molecular flexibility index (Phi) is 6.01. The van der Waals surface area contributed by atoms with Gasteiger partial charge in [-0.05, 0) is 31.2 Å². The standard InChI is InChI=1S/C27H25NO8/c1-14-19(25(27(32)33)28-24(14)23(15(2)29)26(28)31)13-35-20-6-4-3-5-17(20)12-34-18-9-7-16-8-10-22(30)36-21(16)11-18/h3-11,14-15,23-24,29H,12-13H2,1-2H3,(H,32,33)/t14-,15+,23+,24-/m0/s1. The van der Waals surface area contributed by atoms with Gasteiger partial charge in [-0.15, -0.1) is 0 Å². The van der Waals surface area contributed by atoms with Gasteiger partial charge in [-0.3, -0.25) is 4.79 Å². The van der Waals surface area contributed by atoms with Crippen molar-refractivity contribution in [2.75, 3.05) is 6.61 Å². The molecule has 4 atom stereocenters. The van der Waals surface area contributed by atoms with E-state index in [1.165, 1.54) is 11.0 Å². The van der Waals surface area contributed by atoms with E-state index in [-0.39, 0.29) is 30.7 Å². The van der Waals surface area contributed by atoms with E-state index in [9.17, 15) is 24.6 Å². The van der Waals surface area contributed by atoms with Gasteiger partial charge in [0.1, 0.15) is 36.0 Å². The van der Waals surface area contributed by atoms with Crippen LogP contribution >= 0.6 is 0 Å². The molecule has 0 aliphatic carbocycles. The zero-order valence-corrected chi connectivity index (χ0v) is 19.7. The van der Waals surface area contributed by atoms with Gasteiger partial charge in [0.2, 0.25) is 5.91 Å². The molecule has 0 radical (unpaired) electrons. The fourth-order valence-electron chi connectivity index (χ4n) is 5.05. The van der Waals surface area contributed by atoms with Gasteiger partial charge < -0.3 is 29.0 Å². The first-order chi connectivity index (χ1) is 17.3. The molecule has 186 valence electrons. The fourth-order valence-corrected chi connectivity index (χ4v) is 5.05. The quantitative estimate of drug-likeness (QED) is 0.364. The first kappa shape index (κ1) is 23.6. The molecule has 1 amide bonds. The second-order valence-electron chi connectivity index (χ2n) is 9.07. The van der Waals surface area contributed by atoms with Gasteiger partial charge in [0.15, 0.2) is 0 Å². The predicted octanol–water partition coefficient (Wildman–Crippen LogP) is 2.95. The highest BCUT2D eigenvalue weighted by Gasteiger charge is 2.59. The monoisotopic (exact) mass is 491 g/mol. The molecule has 2 aliphatic rings. The minimum absolute atomic E-state index is 0.0201. The van der Waals surface area contributed by atoms with E-state index in [2.05, 4.69) is 0 Å². The molecule has 2 N–H and O–H groups in total. The molecule has 2 aliphatic heterocycles. The van der Waals surface area contributed by atoms with Crippen molar-refractivity contribution in [1.29, 1.82) is 0 Å². The number of amides is 1. The number of carbonyl (C=O) groups is 2. The molecule has 9 nitrogen and oxygen atoms in total. The van der Waals surface area contributed by atoms with Crippen LogP contribution in [-0.4, -0.2) is 45.7 Å². The van der Waals surface area contributed by atoms with Gasteiger partial charge in [0, 0.05) is 34.6 Å². The van der Waals surface area contributed by atoms with E-state index >= 15 is 0 Å². The van der Waals surface area contributed by atoms with Gasteiger partial charge in [-0.1, -0.05) is 25.1 Å². The van der Waals surface area contributed by atoms with Crippen LogP contribution in [0.4, 0.5) is 0 Å². The van der Waals surface area contributed by atoms with Crippen LogP contribution in [0.1, 0.15) is 19.4 Å². The largest absolute Gasteiger partial charge is 0.489 e. The third-order valence-electron chi connectivity index (χ3n) is 6.86. The molecule has 1 aromatic heterocycles. The summed E-state index contributed by atoms with van der Waals surface area (Å²) in [5.74, 6) is -1.45. The summed E-state index contributed by atoms with van der Waals surface area (Å²) in [5, 5.41) is 20.6. The molecule has 3 aromatic rings. The number of ether oxygens (including phenoxy) is 2. The summed E-state index contributed by atoms with van der Waals surface area (Å²) in [6.45, 7) is 3.53. The number of para-hydroxylation sites is 1. The number of rotatable bonds is 8. The smallest absolute Gasteiger partial charge is 0.352 e. The second-order valence-corrected chi connectivity index (χ2v) is 9.07. The average molecular weight is 491 g/mol. The maximum atomic E-state index is 12.5. The molecule has 1 saturated heterocycles. The number of hydrogen-bond donors (Lipinski definition) is 2. The minimum Gasteiger partial charge on any atom is -0.489 e. The Labute approximate surface area is 206 Å². The number of fused-ring (bicyclic) bond motifs is 2. The number of carboxylic acid groups (broad SMARTS) is 1. The Morgan fingerprint density at radius 1 is 1.08 bits per heavy atom. The summed E-state index contributed by atoms with van der Waals surface area (Å²) in [6, 6.07) is 15.1. The van der Waals surface area contributed by atoms with Crippen molar-refractivity contribution in [3.8, 4) is 11.5 Å². The summed E-state index contributed by atoms with van der Waals surface area (Å²) < 4.78 is 17.2. The molecule has 0 unspecified atom stereocenters. The third-order valence-corrected chi connectivity index (χ3v) is 6.86. The zero-order valence-electron chi connectivity index (χ0n) is 19.7. The number of carbonyl (C=O) groups excluding carboxylic acids is 1. The highest BCUT2D eigenvalue weighted by molar-refractivity contribution is 6.00. The lowest BCUT2D eigenvalue weighted by molar-refractivity contribution is -0.163. The lowest BCUT2D eigenvalue weighted by Gasteiger charge is -2.46. The summed E-state index contributed by atoms with van der Waals surface area (Å²) in [7, 11) is 0. The van der Waals surface area contributed by atoms with Gasteiger partial charge >= 0.3 is 11.6 Å². The Bertz CT molecular complexity index is 1440. The number of aliphatic hydroxyl groups excluding tert-OH is 1. The van der Waals surface area contributed by atoms with Crippen molar-refractivity contribution in [2.45, 2.75) is 32.6 Å². The first-order valence-electron chi connectivity index (χ1n) is 11.6. The molecular weight excluding hydrogens is 466 g/mol. The lowest BCUT2D eigenvalue weighted by atomic mass is 9.78. The SMILES string of the molecule is C[C@@H](O)[C@H]1C(=O)N2C(C(=O)O)=C(COc3ccccc3COc3ccc4ccc(=O)oc4c3)[C@H](C)[C@@H]12. The zero-order chi connectivity index (χ0) is 25.6. The number of aliphatic carboxylic acids is 1. The van der Waals surface area contributed by atoms with Crippen LogP contribution in [-0.2, 0) is 16.2 Å². The fraction of sp³-hybridized carbons (Fsp3) is 0.296. The summed E-state index contributed by atoms with van der Waals surface area (Å²) >= 11 is 0. The van der Waals surface area contributed by atoms with Crippen molar-refractivity contribution in [2.24, 2.45) is 11.8 Å². The van der Waals surface area contributed by atoms with E-state index in [1.807, 2.05) is 19.1 Å². The van der Waals surface area contributed by atoms with E-state index in [1.54, 1.807) is 43.3 Å². The second kappa shape index (κ2) is 9.16. The Morgan fingerprint density at radius 3 is 2.58 bits per heavy atom. The Hall–Kier alpha value is -4.11. The normalized spacial score (nSPS) is 21.8. The molecule has 0 saturated carbocycles. The molecular formula is C27H25NO8. The first-order valence-corrected chi connectivity index (χ1v) is 11.6. The van der Waals surface area contributed by atoms with Gasteiger partial charge in [0.05, 0.1) is 18.1 Å². The molecule has 36 heavy (non-hydrogen) atoms. The van der Waals surface area contributed by atoms with E-state index in [0.717, 1.165) is 10.9 Å². The van der Waals surface area contributed by atoms with Crippen LogP contribution in [0.5, 0.6) is 11.5 Å². The van der Waals surface area contributed by atoms with Crippen LogP contribution in [0, 0.1) is 11.8 Å². The van der Waals surface area contributed by atoms with E-state index < -0.39 is 29.7 Å². The van der Waals surface area contributed by atoms with Crippen LogP contribution in [0.3, 0.4) is 0 Å². The Morgan fingerprint density at radius 2 is 1.83 bits per heavy atom. The topological polar surface area (TPSA) is 127 Å². The minimum atomic E-state index is -1.19. The van der Waals surface area contributed by atoms with Crippen molar-refractivity contribution >= 4 is 22.8 Å². The van der Waals surface area contributed by atoms with Crippen LogP contribution in [0.2, 0.25) is 0 Å². The van der Waals surface area contributed by atoms with E-state index in [4.69, 9.17) is 13.9 Å². The highest BCUT2D eigenvalue weighted by Crippen LogP contribution is 2.47. The predicted molar refractivity (Wildman–Crippen MR) is 128 cm³/mol. The number of carboxylic acids is 1. The maximum Gasteiger partial charge on any atom is 0.352 e. The van der Waals surface area contributed by atoms with E-state index in [0.29, 0.717) is 22.7 Å². The number of aliphatic hydroxyl groups is 1. The highest BCUT2D eigenvalue weighted by atomic mass is 16.5. The maximum absolute atomic E-state index is 12.5. The summed E-state index contributed by atoms with van der Waals surface area (Å²) in [6.07, 6.45) is -0.863. The van der Waals surface area contributed by atoms with Crippen LogP contribution in [0.25, 0.3) is 11.0 Å². The molecule has 9 heteroatoms. The van der Waals surface area contributed by atoms with Crippen molar-refractivity contribution < 1.29 is 33.7 Å². The van der Waals surface area contributed by atoms with Crippen LogP contribution < -0.4 is 15.1 Å². The third kappa shape index (κ3) is 4.01. The van der Waals surface area contributed by atoms with Crippen molar-refractivity contribution in [1.82, 2.24) is 4.90 Å². The van der Waals surface area contributed by atoms with Crippen molar-refractivity contribution in [3.05, 3.63) is 81.9 Å².